The third-order valence-corrected chi connectivity index (χ3v) is 6.21. The van der Waals surface area contributed by atoms with Crippen molar-refractivity contribution in [1.29, 1.82) is 0 Å². The molecule has 0 spiro atoms. The molecule has 8 nitrogen and oxygen atoms in total. The second-order valence-electron chi connectivity index (χ2n) is 5.62. The molecule has 1 N–H and O–H groups in total. The number of sulfonamides is 1. The van der Waals surface area contributed by atoms with Crippen LogP contribution in [0.2, 0.25) is 0 Å². The Morgan fingerprint density at radius 3 is 2.43 bits per heavy atom. The van der Waals surface area contributed by atoms with Gasteiger partial charge in [0.1, 0.15) is 11.5 Å². The van der Waals surface area contributed by atoms with E-state index in [1.165, 1.54) is 4.31 Å². The highest BCUT2D eigenvalue weighted by Crippen LogP contribution is 2.26. The standard InChI is InChI=1S/C14H23N3O5S/c1-4-17-11(3)14(10(2)15-17)23(20,21)16-7-5-12(6-8-16)22-9-13(18)19/h12H,4-9H2,1-3H3,(H,18,19). The smallest absolute Gasteiger partial charge is 0.329 e. The highest BCUT2D eigenvalue weighted by atomic mass is 32.2. The first kappa shape index (κ1) is 17.9. The van der Waals surface area contributed by atoms with E-state index >= 15 is 0 Å². The fourth-order valence-electron chi connectivity index (χ4n) is 2.92. The van der Waals surface area contributed by atoms with Crippen molar-refractivity contribution in [3.8, 4) is 0 Å². The number of aromatic nitrogens is 2. The first-order valence-electron chi connectivity index (χ1n) is 7.65. The Labute approximate surface area is 136 Å². The Morgan fingerprint density at radius 1 is 1.35 bits per heavy atom. The van der Waals surface area contributed by atoms with Gasteiger partial charge < -0.3 is 9.84 Å². The first-order valence-corrected chi connectivity index (χ1v) is 9.09. The van der Waals surface area contributed by atoms with Crippen LogP contribution >= 0.6 is 0 Å². The van der Waals surface area contributed by atoms with Crippen molar-refractivity contribution in [2.75, 3.05) is 19.7 Å². The average molecular weight is 345 g/mol. The predicted molar refractivity (Wildman–Crippen MR) is 82.7 cm³/mol. The molecule has 2 heterocycles. The van der Waals surface area contributed by atoms with Crippen LogP contribution in [0, 0.1) is 13.8 Å². The molecule has 1 aliphatic rings. The van der Waals surface area contributed by atoms with Crippen molar-refractivity contribution in [1.82, 2.24) is 14.1 Å². The van der Waals surface area contributed by atoms with Gasteiger partial charge in [0.05, 0.1) is 17.5 Å². The topological polar surface area (TPSA) is 102 Å². The van der Waals surface area contributed by atoms with E-state index in [9.17, 15) is 13.2 Å². The van der Waals surface area contributed by atoms with E-state index < -0.39 is 16.0 Å². The minimum absolute atomic E-state index is 0.210. The number of rotatable bonds is 6. The first-order chi connectivity index (χ1) is 10.8. The molecule has 0 bridgehead atoms. The molecule has 0 atom stereocenters. The van der Waals surface area contributed by atoms with Gasteiger partial charge in [-0.05, 0) is 33.6 Å². The van der Waals surface area contributed by atoms with Crippen molar-refractivity contribution >= 4 is 16.0 Å². The van der Waals surface area contributed by atoms with Crippen LogP contribution in [0.4, 0.5) is 0 Å². The van der Waals surface area contributed by atoms with Crippen LogP contribution in [0.5, 0.6) is 0 Å². The number of aryl methyl sites for hydroxylation is 2. The lowest BCUT2D eigenvalue weighted by Crippen LogP contribution is -2.41. The average Bonchev–Trinajstić information content (AvgIpc) is 2.80. The SMILES string of the molecule is CCn1nc(C)c(S(=O)(=O)N2CCC(OCC(=O)O)CC2)c1C. The maximum atomic E-state index is 12.9. The molecule has 2 rings (SSSR count). The Balaban J connectivity index is 2.11. The number of ether oxygens (including phenoxy) is 1. The van der Waals surface area contributed by atoms with E-state index in [0.29, 0.717) is 43.9 Å². The van der Waals surface area contributed by atoms with Gasteiger partial charge in [0, 0.05) is 19.6 Å². The second-order valence-corrected chi connectivity index (χ2v) is 7.50. The predicted octanol–water partition coefficient (Wildman–Crippen LogP) is 0.774. The zero-order valence-electron chi connectivity index (χ0n) is 13.7. The van der Waals surface area contributed by atoms with Gasteiger partial charge in [0.15, 0.2) is 0 Å². The maximum absolute atomic E-state index is 12.9. The van der Waals surface area contributed by atoms with Gasteiger partial charge in [-0.1, -0.05) is 0 Å². The lowest BCUT2D eigenvalue weighted by Gasteiger charge is -2.30. The van der Waals surface area contributed by atoms with Crippen molar-refractivity contribution in [3.05, 3.63) is 11.4 Å². The summed E-state index contributed by atoms with van der Waals surface area (Å²) in [4.78, 5) is 10.8. The van der Waals surface area contributed by atoms with Gasteiger partial charge >= 0.3 is 5.97 Å². The number of hydrogen-bond acceptors (Lipinski definition) is 5. The van der Waals surface area contributed by atoms with Gasteiger partial charge in [-0.15, -0.1) is 0 Å². The summed E-state index contributed by atoms with van der Waals surface area (Å²) < 4.78 is 34.1. The monoisotopic (exact) mass is 345 g/mol. The summed E-state index contributed by atoms with van der Waals surface area (Å²) >= 11 is 0. The zero-order valence-corrected chi connectivity index (χ0v) is 14.5. The number of hydrogen-bond donors (Lipinski definition) is 1. The molecular formula is C14H23N3O5S. The van der Waals surface area contributed by atoms with Crippen LogP contribution in [-0.2, 0) is 26.1 Å². The molecule has 0 saturated carbocycles. The van der Waals surface area contributed by atoms with Crippen LogP contribution < -0.4 is 0 Å². The number of nitrogens with zero attached hydrogens (tertiary/aromatic N) is 3. The maximum Gasteiger partial charge on any atom is 0.329 e. The zero-order chi connectivity index (χ0) is 17.2. The lowest BCUT2D eigenvalue weighted by molar-refractivity contribution is -0.145. The molecule has 1 aliphatic heterocycles. The molecule has 0 radical (unpaired) electrons. The minimum Gasteiger partial charge on any atom is -0.480 e. The van der Waals surface area contributed by atoms with Crippen LogP contribution in [0.15, 0.2) is 4.90 Å². The molecule has 0 aliphatic carbocycles. The molecule has 1 fully saturated rings. The summed E-state index contributed by atoms with van der Waals surface area (Å²) in [7, 11) is -3.59. The lowest BCUT2D eigenvalue weighted by atomic mass is 10.1. The second kappa shape index (κ2) is 6.98. The number of aliphatic carboxylic acids is 1. The highest BCUT2D eigenvalue weighted by Gasteiger charge is 2.33. The molecule has 1 saturated heterocycles. The van der Waals surface area contributed by atoms with Crippen molar-refractivity contribution in [3.63, 3.8) is 0 Å². The van der Waals surface area contributed by atoms with E-state index in [2.05, 4.69) is 5.10 Å². The molecule has 0 aromatic carbocycles. The molecular weight excluding hydrogens is 322 g/mol. The summed E-state index contributed by atoms with van der Waals surface area (Å²) in [5, 5.41) is 12.9. The van der Waals surface area contributed by atoms with Gasteiger partial charge in [0.2, 0.25) is 10.0 Å². The van der Waals surface area contributed by atoms with Crippen molar-refractivity contribution < 1.29 is 23.1 Å². The molecule has 23 heavy (non-hydrogen) atoms. The molecule has 9 heteroatoms. The third-order valence-electron chi connectivity index (χ3n) is 4.06. The number of carboxylic acid groups (broad SMARTS) is 1. The van der Waals surface area contributed by atoms with E-state index in [0.717, 1.165) is 0 Å². The normalized spacial score (nSPS) is 17.5. The molecule has 1 aromatic heterocycles. The number of carbonyl (C=O) groups is 1. The Bertz CT molecular complexity index is 675. The Hall–Kier alpha value is -1.45. The van der Waals surface area contributed by atoms with Gasteiger partial charge in [-0.25, -0.2) is 13.2 Å². The van der Waals surface area contributed by atoms with Crippen LogP contribution in [0.3, 0.4) is 0 Å². The van der Waals surface area contributed by atoms with Gasteiger partial charge in [-0.3, -0.25) is 4.68 Å². The minimum atomic E-state index is -3.59. The number of piperidine rings is 1. The molecule has 130 valence electrons. The van der Waals surface area contributed by atoms with E-state index in [-0.39, 0.29) is 17.6 Å². The Morgan fingerprint density at radius 2 is 1.96 bits per heavy atom. The van der Waals surface area contributed by atoms with Gasteiger partial charge in [-0.2, -0.15) is 9.40 Å². The highest BCUT2D eigenvalue weighted by molar-refractivity contribution is 7.89. The van der Waals surface area contributed by atoms with Gasteiger partial charge in [0.25, 0.3) is 0 Å². The fourth-order valence-corrected chi connectivity index (χ4v) is 4.76. The summed E-state index contributed by atoms with van der Waals surface area (Å²) in [6.07, 6.45) is 0.775. The third kappa shape index (κ3) is 3.73. The molecule has 0 unspecified atom stereocenters. The van der Waals surface area contributed by atoms with Crippen LogP contribution in [0.1, 0.15) is 31.2 Å². The fraction of sp³-hybridized carbons (Fsp3) is 0.714. The van der Waals surface area contributed by atoms with E-state index in [1.54, 1.807) is 18.5 Å². The van der Waals surface area contributed by atoms with Crippen molar-refractivity contribution in [2.45, 2.75) is 51.2 Å². The largest absolute Gasteiger partial charge is 0.480 e. The summed E-state index contributed by atoms with van der Waals surface area (Å²) in [6, 6.07) is 0. The summed E-state index contributed by atoms with van der Waals surface area (Å²) in [5.41, 5.74) is 1.16. The molecule has 1 aromatic rings. The number of carboxylic acids is 1. The van der Waals surface area contributed by atoms with Crippen LogP contribution in [0.25, 0.3) is 0 Å². The van der Waals surface area contributed by atoms with E-state index in [1.807, 2.05) is 6.92 Å². The molecule has 0 amide bonds. The summed E-state index contributed by atoms with van der Waals surface area (Å²) in [6.45, 7) is 6.30. The van der Waals surface area contributed by atoms with Crippen LogP contribution in [-0.4, -0.2) is 59.4 Å². The van der Waals surface area contributed by atoms with Crippen molar-refractivity contribution in [2.24, 2.45) is 0 Å². The van der Waals surface area contributed by atoms with E-state index in [4.69, 9.17) is 9.84 Å². The quantitative estimate of drug-likeness (QED) is 0.817. The Kier molecular flexibility index (Phi) is 5.43. The summed E-state index contributed by atoms with van der Waals surface area (Å²) in [5.74, 6) is -1.02.